The smallest absolute Gasteiger partial charge is 0.376 e. The lowest BCUT2D eigenvalue weighted by Gasteiger charge is -2.10. The van der Waals surface area contributed by atoms with Crippen LogP contribution in [0.3, 0.4) is 0 Å². The van der Waals surface area contributed by atoms with Crippen molar-refractivity contribution in [3.63, 3.8) is 0 Å². The van der Waals surface area contributed by atoms with Crippen LogP contribution in [-0.2, 0) is 4.74 Å². The third kappa shape index (κ3) is 4.32. The summed E-state index contributed by atoms with van der Waals surface area (Å²) in [5.41, 5.74) is 6.90. The minimum atomic E-state index is -0.505. The van der Waals surface area contributed by atoms with Crippen molar-refractivity contribution < 1.29 is 9.53 Å². The summed E-state index contributed by atoms with van der Waals surface area (Å²) in [5, 5.41) is 4.12. The maximum atomic E-state index is 12.3. The number of fused-ring (bicyclic) bond motifs is 1. The average molecular weight is 478 g/mol. The zero-order valence-electron chi connectivity index (χ0n) is 19.6. The van der Waals surface area contributed by atoms with Crippen LogP contribution in [0.25, 0.3) is 44.7 Å². The zero-order chi connectivity index (χ0) is 24.5. The second kappa shape index (κ2) is 9.27. The van der Waals surface area contributed by atoms with Crippen LogP contribution in [-0.4, -0.2) is 55.1 Å². The summed E-state index contributed by atoms with van der Waals surface area (Å²) < 4.78 is 5.45. The van der Waals surface area contributed by atoms with Crippen LogP contribution in [0.15, 0.2) is 67.4 Å². The Labute approximate surface area is 207 Å². The van der Waals surface area contributed by atoms with Gasteiger partial charge < -0.3 is 15.0 Å². The molecular formula is C27H23N7O2. The van der Waals surface area contributed by atoms with Gasteiger partial charge in [0.15, 0.2) is 0 Å². The number of H-pyrrole nitrogens is 1. The van der Waals surface area contributed by atoms with E-state index in [1.54, 1.807) is 24.9 Å². The predicted octanol–water partition coefficient (Wildman–Crippen LogP) is 3.97. The molecule has 9 nitrogen and oxygen atoms in total. The molecule has 1 aliphatic rings. The van der Waals surface area contributed by atoms with E-state index in [-0.39, 0.29) is 11.9 Å². The fraction of sp³-hybridized carbons (Fsp3) is 0.185. The zero-order valence-corrected chi connectivity index (χ0v) is 19.6. The van der Waals surface area contributed by atoms with Crippen molar-refractivity contribution in [3.05, 3.63) is 78.9 Å². The van der Waals surface area contributed by atoms with Gasteiger partial charge >= 0.3 is 5.97 Å². The molecule has 2 N–H and O–H groups in total. The highest BCUT2D eigenvalue weighted by molar-refractivity contribution is 5.89. The lowest BCUT2D eigenvalue weighted by molar-refractivity contribution is 0.0330. The van der Waals surface area contributed by atoms with Gasteiger partial charge in [0.25, 0.3) is 0 Å². The van der Waals surface area contributed by atoms with E-state index in [1.807, 2.05) is 43.3 Å². The number of aromatic amines is 1. The highest BCUT2D eigenvalue weighted by Crippen LogP contribution is 2.31. The van der Waals surface area contributed by atoms with Crippen molar-refractivity contribution in [3.8, 4) is 33.8 Å². The molecule has 0 bridgehead atoms. The van der Waals surface area contributed by atoms with Crippen LogP contribution in [0.4, 0.5) is 0 Å². The number of nitrogens with one attached hydrogen (secondary N) is 2. The third-order valence-corrected chi connectivity index (χ3v) is 6.20. The maximum Gasteiger partial charge on any atom is 0.376 e. The van der Waals surface area contributed by atoms with Gasteiger partial charge in [-0.25, -0.2) is 19.7 Å². The monoisotopic (exact) mass is 477 g/mol. The lowest BCUT2D eigenvalue weighted by atomic mass is 10.0. The first-order chi connectivity index (χ1) is 17.6. The van der Waals surface area contributed by atoms with Gasteiger partial charge in [-0.1, -0.05) is 12.1 Å². The Balaban J connectivity index is 1.29. The second-order valence-electron chi connectivity index (χ2n) is 8.74. The number of ether oxygens (including phenoxy) is 1. The van der Waals surface area contributed by atoms with Crippen molar-refractivity contribution >= 4 is 16.9 Å². The number of rotatable bonds is 5. The maximum absolute atomic E-state index is 12.3. The third-order valence-electron chi connectivity index (χ3n) is 6.20. The van der Waals surface area contributed by atoms with Gasteiger partial charge in [-0.05, 0) is 50.2 Å². The van der Waals surface area contributed by atoms with Crippen molar-refractivity contribution in [1.82, 2.24) is 35.2 Å². The number of aromatic nitrogens is 6. The summed E-state index contributed by atoms with van der Waals surface area (Å²) in [6, 6.07) is 14.0. The van der Waals surface area contributed by atoms with E-state index >= 15 is 0 Å². The molecule has 9 heteroatoms. The normalized spacial score (nSPS) is 15.3. The van der Waals surface area contributed by atoms with Crippen molar-refractivity contribution in [1.29, 1.82) is 0 Å². The van der Waals surface area contributed by atoms with Crippen LogP contribution in [0.1, 0.15) is 22.7 Å². The molecule has 4 aromatic heterocycles. The summed E-state index contributed by atoms with van der Waals surface area (Å²) >= 11 is 0. The van der Waals surface area contributed by atoms with Crippen LogP contribution < -0.4 is 5.32 Å². The van der Waals surface area contributed by atoms with Gasteiger partial charge in [0, 0.05) is 52.9 Å². The molecule has 1 atom stereocenters. The molecule has 178 valence electrons. The highest BCUT2D eigenvalue weighted by atomic mass is 16.5. The Morgan fingerprint density at radius 2 is 1.81 bits per heavy atom. The quantitative estimate of drug-likeness (QED) is 0.365. The number of esters is 1. The molecule has 0 amide bonds. The fourth-order valence-corrected chi connectivity index (χ4v) is 4.34. The molecule has 0 unspecified atom stereocenters. The van der Waals surface area contributed by atoms with Gasteiger partial charge in [-0.3, -0.25) is 9.97 Å². The number of pyridine rings is 2. The highest BCUT2D eigenvalue weighted by Gasteiger charge is 2.21. The molecule has 0 spiro atoms. The molecule has 0 radical (unpaired) electrons. The van der Waals surface area contributed by atoms with E-state index < -0.39 is 5.97 Å². The summed E-state index contributed by atoms with van der Waals surface area (Å²) in [7, 11) is 0. The minimum absolute atomic E-state index is 0.0532. The number of carbonyl (C=O) groups is 1. The number of aryl methyl sites for hydroxylation is 1. The largest absolute Gasteiger partial charge is 0.455 e. The van der Waals surface area contributed by atoms with Gasteiger partial charge in [0.05, 0.1) is 28.9 Å². The van der Waals surface area contributed by atoms with E-state index in [1.165, 1.54) is 0 Å². The molecule has 0 saturated carbocycles. The molecule has 5 aromatic rings. The van der Waals surface area contributed by atoms with Gasteiger partial charge in [-0.15, -0.1) is 0 Å². The van der Waals surface area contributed by atoms with E-state index in [9.17, 15) is 4.79 Å². The molecule has 1 fully saturated rings. The van der Waals surface area contributed by atoms with Gasteiger partial charge in [0.1, 0.15) is 6.10 Å². The topological polar surface area (TPSA) is 119 Å². The second-order valence-corrected chi connectivity index (χ2v) is 8.74. The number of nitrogens with zero attached hydrogens (tertiary/aromatic N) is 5. The molecule has 0 aliphatic carbocycles. The summed E-state index contributed by atoms with van der Waals surface area (Å²) in [5.74, 6) is -0.452. The number of imidazole rings is 1. The number of hydrogen-bond acceptors (Lipinski definition) is 8. The summed E-state index contributed by atoms with van der Waals surface area (Å²) in [4.78, 5) is 37.8. The van der Waals surface area contributed by atoms with Crippen molar-refractivity contribution in [2.45, 2.75) is 19.4 Å². The van der Waals surface area contributed by atoms with Gasteiger partial charge in [0.2, 0.25) is 5.82 Å². The van der Waals surface area contributed by atoms with E-state index in [4.69, 9.17) is 4.74 Å². The molecule has 1 aliphatic heterocycles. The SMILES string of the molecule is Cc1cccc(-c2[nH]cnc2-c2ccc3ncc(-c4cnc(C(=O)O[C@@H]5CCNC5)nc4)cc3c2)n1. The Morgan fingerprint density at radius 3 is 2.61 bits per heavy atom. The molecular weight excluding hydrogens is 454 g/mol. The first-order valence-electron chi connectivity index (χ1n) is 11.8. The molecule has 5 heterocycles. The Bertz CT molecular complexity index is 1560. The van der Waals surface area contributed by atoms with E-state index in [0.29, 0.717) is 6.54 Å². The Kier molecular flexibility index (Phi) is 5.67. The van der Waals surface area contributed by atoms with Crippen LogP contribution >= 0.6 is 0 Å². The Morgan fingerprint density at radius 1 is 0.972 bits per heavy atom. The predicted molar refractivity (Wildman–Crippen MR) is 135 cm³/mol. The first kappa shape index (κ1) is 22.0. The standard InChI is InChI=1S/C27H23N7O2/c1-16-3-2-4-23(34-16)25-24(32-15-33-25)17-5-6-22-18(9-17)10-19(11-29-22)20-12-30-26(31-13-20)27(35)36-21-7-8-28-14-21/h2-6,9-13,15,21,28H,7-8,14H2,1H3,(H,32,33)/t21-/m1/s1. The molecule has 1 saturated heterocycles. The minimum Gasteiger partial charge on any atom is -0.455 e. The van der Waals surface area contributed by atoms with Crippen LogP contribution in [0.5, 0.6) is 0 Å². The fourth-order valence-electron chi connectivity index (χ4n) is 4.34. The lowest BCUT2D eigenvalue weighted by Crippen LogP contribution is -2.22. The number of carbonyl (C=O) groups excluding carboxylic acids is 1. The molecule has 36 heavy (non-hydrogen) atoms. The van der Waals surface area contributed by atoms with E-state index in [2.05, 4.69) is 41.3 Å². The molecule has 6 rings (SSSR count). The average Bonchev–Trinajstić information content (AvgIpc) is 3.61. The van der Waals surface area contributed by atoms with Crippen LogP contribution in [0, 0.1) is 6.92 Å². The van der Waals surface area contributed by atoms with Crippen molar-refractivity contribution in [2.75, 3.05) is 13.1 Å². The summed E-state index contributed by atoms with van der Waals surface area (Å²) in [6.45, 7) is 3.48. The number of benzene rings is 1. The van der Waals surface area contributed by atoms with Gasteiger partial charge in [-0.2, -0.15) is 0 Å². The first-order valence-corrected chi connectivity index (χ1v) is 11.8. The Hall–Kier alpha value is -4.50. The molecule has 1 aromatic carbocycles. The van der Waals surface area contributed by atoms with E-state index in [0.717, 1.165) is 63.3 Å². The summed E-state index contributed by atoms with van der Waals surface area (Å²) in [6.07, 6.45) is 7.38. The van der Waals surface area contributed by atoms with Crippen LogP contribution in [0.2, 0.25) is 0 Å². The number of hydrogen-bond donors (Lipinski definition) is 2. The van der Waals surface area contributed by atoms with Crippen molar-refractivity contribution in [2.24, 2.45) is 0 Å².